The maximum atomic E-state index is 12.3. The van der Waals surface area contributed by atoms with Gasteiger partial charge in [0, 0.05) is 25.3 Å². The Morgan fingerprint density at radius 1 is 1.52 bits per heavy atom. The minimum Gasteiger partial charge on any atom is -0.385 e. The predicted octanol–water partition coefficient (Wildman–Crippen LogP) is 1.33. The number of nitrogen functional groups attached to an aromatic ring is 1. The Morgan fingerprint density at radius 3 is 2.67 bits per heavy atom. The van der Waals surface area contributed by atoms with E-state index in [1.165, 1.54) is 0 Å². The fourth-order valence-corrected chi connectivity index (χ4v) is 4.81. The molecule has 1 unspecified atom stereocenters. The Morgan fingerprint density at radius 2 is 2.14 bits per heavy atom. The van der Waals surface area contributed by atoms with Crippen LogP contribution in [-0.4, -0.2) is 32.6 Å². The molecule has 0 spiro atoms. The van der Waals surface area contributed by atoms with Gasteiger partial charge < -0.3 is 10.5 Å². The lowest BCUT2D eigenvalue weighted by atomic mass is 9.94. The molecule has 0 radical (unpaired) electrons. The lowest BCUT2D eigenvalue weighted by Crippen LogP contribution is -2.39. The van der Waals surface area contributed by atoms with Crippen LogP contribution in [0.3, 0.4) is 0 Å². The first-order valence-corrected chi connectivity index (χ1v) is 8.75. The van der Waals surface area contributed by atoms with E-state index in [1.807, 2.05) is 0 Å². The molecule has 1 aromatic rings. The van der Waals surface area contributed by atoms with Gasteiger partial charge in [0.2, 0.25) is 0 Å². The molecule has 21 heavy (non-hydrogen) atoms. The molecule has 0 amide bonds. The van der Waals surface area contributed by atoms with E-state index in [-0.39, 0.29) is 26.9 Å². The number of anilines is 1. The summed E-state index contributed by atoms with van der Waals surface area (Å²) in [6, 6.07) is 0.736. The first kappa shape index (κ1) is 16.1. The first-order valence-electron chi connectivity index (χ1n) is 6.45. The van der Waals surface area contributed by atoms with Crippen LogP contribution in [0.25, 0.3) is 0 Å². The summed E-state index contributed by atoms with van der Waals surface area (Å²) in [6.07, 6.45) is 1.58. The molecular formula is C11H17N3O5S2. The van der Waals surface area contributed by atoms with Crippen LogP contribution in [0.15, 0.2) is 10.3 Å². The second-order valence-electron chi connectivity index (χ2n) is 4.93. The highest BCUT2D eigenvalue weighted by molar-refractivity contribution is 7.91. The normalized spacial score (nSPS) is 18.5. The zero-order valence-corrected chi connectivity index (χ0v) is 13.1. The van der Waals surface area contributed by atoms with Crippen molar-refractivity contribution in [3.8, 4) is 0 Å². The summed E-state index contributed by atoms with van der Waals surface area (Å²) >= 11 is 0.699. The van der Waals surface area contributed by atoms with Crippen molar-refractivity contribution >= 4 is 32.0 Å². The Bertz CT molecular complexity index is 622. The van der Waals surface area contributed by atoms with Gasteiger partial charge in [0.15, 0.2) is 5.00 Å². The number of nitro groups is 1. The molecule has 118 valence electrons. The van der Waals surface area contributed by atoms with Crippen molar-refractivity contribution in [1.82, 2.24) is 4.72 Å². The topological polar surface area (TPSA) is 125 Å². The van der Waals surface area contributed by atoms with E-state index < -0.39 is 14.9 Å². The minimum atomic E-state index is -3.80. The Hall–Kier alpha value is -1.23. The quantitative estimate of drug-likeness (QED) is 0.618. The molecule has 0 bridgehead atoms. The van der Waals surface area contributed by atoms with Gasteiger partial charge in [-0.05, 0) is 25.7 Å². The summed E-state index contributed by atoms with van der Waals surface area (Å²) in [5.74, 6) is 0.195. The Labute approximate surface area is 126 Å². The van der Waals surface area contributed by atoms with Gasteiger partial charge in [-0.2, -0.15) is 0 Å². The third-order valence-electron chi connectivity index (χ3n) is 3.49. The van der Waals surface area contributed by atoms with E-state index in [4.69, 9.17) is 10.5 Å². The molecule has 8 nitrogen and oxygen atoms in total. The monoisotopic (exact) mass is 335 g/mol. The molecule has 1 aromatic heterocycles. The van der Waals surface area contributed by atoms with Crippen LogP contribution in [0, 0.1) is 16.0 Å². The number of hydrogen-bond acceptors (Lipinski definition) is 7. The van der Waals surface area contributed by atoms with Crippen LogP contribution >= 0.6 is 11.3 Å². The molecule has 1 aliphatic rings. The van der Waals surface area contributed by atoms with Gasteiger partial charge in [-0.1, -0.05) is 11.3 Å². The molecule has 10 heteroatoms. The van der Waals surface area contributed by atoms with Crippen LogP contribution in [0.4, 0.5) is 10.7 Å². The largest absolute Gasteiger partial charge is 0.385 e. The summed E-state index contributed by atoms with van der Waals surface area (Å²) in [4.78, 5) is 10.0. The van der Waals surface area contributed by atoms with Crippen LogP contribution in [0.5, 0.6) is 0 Å². The highest BCUT2D eigenvalue weighted by Gasteiger charge is 2.29. The maximum Gasteiger partial charge on any atom is 0.304 e. The highest BCUT2D eigenvalue weighted by atomic mass is 32.2. The predicted molar refractivity (Wildman–Crippen MR) is 78.7 cm³/mol. The number of ether oxygens (including phenoxy) is 1. The molecule has 1 saturated heterocycles. The number of thiophene rings is 1. The standard InChI is InChI=1S/C11H17N3O5S2/c1-7(8-2-4-19-5-3-8)13-21(17,18)10-6-9(14(15)16)11(12)20-10/h6-8,13H,2-5,12H2,1H3. The molecule has 2 rings (SSSR count). The molecule has 1 aliphatic heterocycles. The zero-order chi connectivity index (χ0) is 15.6. The third kappa shape index (κ3) is 3.70. The second-order valence-corrected chi connectivity index (χ2v) is 7.96. The molecule has 0 aromatic carbocycles. The van der Waals surface area contributed by atoms with Gasteiger partial charge in [-0.25, -0.2) is 13.1 Å². The molecular weight excluding hydrogens is 318 g/mol. The summed E-state index contributed by atoms with van der Waals surface area (Å²) in [5, 5.41) is 10.6. The molecule has 0 aliphatic carbocycles. The van der Waals surface area contributed by atoms with Crippen molar-refractivity contribution in [3.63, 3.8) is 0 Å². The number of rotatable bonds is 5. The van der Waals surface area contributed by atoms with E-state index in [1.54, 1.807) is 6.92 Å². The third-order valence-corrected chi connectivity index (χ3v) is 6.48. The van der Waals surface area contributed by atoms with Gasteiger partial charge in [0.1, 0.15) is 4.21 Å². The van der Waals surface area contributed by atoms with Gasteiger partial charge in [0.05, 0.1) is 4.92 Å². The van der Waals surface area contributed by atoms with E-state index in [9.17, 15) is 18.5 Å². The summed E-state index contributed by atoms with van der Waals surface area (Å²) in [7, 11) is -3.80. The number of nitrogens with one attached hydrogen (secondary N) is 1. The Balaban J connectivity index is 2.14. The SMILES string of the molecule is CC(NS(=O)(=O)c1cc([N+](=O)[O-])c(N)s1)C1CCOCC1. The first-order chi connectivity index (χ1) is 9.81. The fourth-order valence-electron chi connectivity index (χ4n) is 2.26. The lowest BCUT2D eigenvalue weighted by molar-refractivity contribution is -0.383. The van der Waals surface area contributed by atoms with Crippen LogP contribution in [-0.2, 0) is 14.8 Å². The van der Waals surface area contributed by atoms with E-state index >= 15 is 0 Å². The fraction of sp³-hybridized carbons (Fsp3) is 0.636. The van der Waals surface area contributed by atoms with E-state index in [0.717, 1.165) is 18.9 Å². The van der Waals surface area contributed by atoms with Gasteiger partial charge in [-0.15, -0.1) is 0 Å². The van der Waals surface area contributed by atoms with Crippen molar-refractivity contribution in [2.75, 3.05) is 18.9 Å². The molecule has 2 heterocycles. The van der Waals surface area contributed by atoms with Crippen molar-refractivity contribution in [3.05, 3.63) is 16.2 Å². The molecule has 3 N–H and O–H groups in total. The van der Waals surface area contributed by atoms with Gasteiger partial charge in [-0.3, -0.25) is 10.1 Å². The molecule has 1 atom stereocenters. The van der Waals surface area contributed by atoms with Crippen molar-refractivity contribution in [2.24, 2.45) is 5.92 Å². The highest BCUT2D eigenvalue weighted by Crippen LogP contribution is 2.34. The van der Waals surface area contributed by atoms with Crippen molar-refractivity contribution < 1.29 is 18.1 Å². The molecule has 0 saturated carbocycles. The second kappa shape index (κ2) is 6.26. The number of sulfonamides is 1. The summed E-state index contributed by atoms with van der Waals surface area (Å²) in [5.41, 5.74) is 5.10. The smallest absolute Gasteiger partial charge is 0.304 e. The summed E-state index contributed by atoms with van der Waals surface area (Å²) in [6.45, 7) is 3.03. The number of hydrogen-bond donors (Lipinski definition) is 2. The van der Waals surface area contributed by atoms with Crippen molar-refractivity contribution in [2.45, 2.75) is 30.0 Å². The Kier molecular flexibility index (Phi) is 4.81. The molecule has 1 fully saturated rings. The zero-order valence-electron chi connectivity index (χ0n) is 11.4. The lowest BCUT2D eigenvalue weighted by Gasteiger charge is -2.27. The maximum absolute atomic E-state index is 12.3. The van der Waals surface area contributed by atoms with E-state index in [2.05, 4.69) is 4.72 Å². The number of nitrogens with two attached hydrogens (primary N) is 1. The van der Waals surface area contributed by atoms with Crippen LogP contribution in [0.2, 0.25) is 0 Å². The van der Waals surface area contributed by atoms with Gasteiger partial charge in [0.25, 0.3) is 10.0 Å². The average Bonchev–Trinajstić information content (AvgIpc) is 2.82. The van der Waals surface area contributed by atoms with Crippen LogP contribution in [0.1, 0.15) is 19.8 Å². The van der Waals surface area contributed by atoms with Gasteiger partial charge >= 0.3 is 5.69 Å². The van der Waals surface area contributed by atoms with Crippen LogP contribution < -0.4 is 10.5 Å². The number of nitrogens with zero attached hydrogens (tertiary/aromatic N) is 1. The summed E-state index contributed by atoms with van der Waals surface area (Å²) < 4.78 is 32.2. The van der Waals surface area contributed by atoms with E-state index in [0.29, 0.717) is 24.6 Å². The minimum absolute atomic E-state index is 0.112. The average molecular weight is 335 g/mol. The van der Waals surface area contributed by atoms with Crippen molar-refractivity contribution in [1.29, 1.82) is 0 Å².